The normalized spacial score (nSPS) is 14.1. The zero-order valence-corrected chi connectivity index (χ0v) is 12.0. The molecule has 2 rings (SSSR count). The van der Waals surface area contributed by atoms with Crippen molar-refractivity contribution in [1.82, 2.24) is 0 Å². The van der Waals surface area contributed by atoms with E-state index in [2.05, 4.69) is 31.2 Å². The highest BCUT2D eigenvalue weighted by Crippen LogP contribution is 2.25. The number of halogens is 1. The summed E-state index contributed by atoms with van der Waals surface area (Å²) in [5, 5.41) is 0.754. The lowest BCUT2D eigenvalue weighted by Crippen LogP contribution is -2.32. The minimum atomic E-state index is -0.292. The molecule has 2 aromatic rings. The van der Waals surface area contributed by atoms with Crippen LogP contribution in [0.3, 0.4) is 0 Å². The van der Waals surface area contributed by atoms with Gasteiger partial charge in [0.2, 0.25) is 0 Å². The fourth-order valence-electron chi connectivity index (χ4n) is 2.28. The first-order chi connectivity index (χ1) is 9.08. The quantitative estimate of drug-likeness (QED) is 0.851. The molecule has 2 aromatic carbocycles. The van der Waals surface area contributed by atoms with E-state index in [1.165, 1.54) is 5.56 Å². The minimum absolute atomic E-state index is 0.292. The van der Waals surface area contributed by atoms with Crippen LogP contribution in [0.4, 0.5) is 0 Å². The van der Waals surface area contributed by atoms with Gasteiger partial charge in [0.1, 0.15) is 0 Å². The van der Waals surface area contributed by atoms with Crippen LogP contribution in [-0.4, -0.2) is 0 Å². The smallest absolute Gasteiger partial charge is 0.0406 e. The van der Waals surface area contributed by atoms with Gasteiger partial charge in [-0.2, -0.15) is 0 Å². The molecule has 0 aliphatic rings. The third-order valence-electron chi connectivity index (χ3n) is 3.51. The van der Waals surface area contributed by atoms with Crippen LogP contribution in [0.2, 0.25) is 5.02 Å². The molecule has 1 atom stereocenters. The van der Waals surface area contributed by atoms with Crippen LogP contribution in [0.5, 0.6) is 0 Å². The van der Waals surface area contributed by atoms with Gasteiger partial charge in [-0.25, -0.2) is 0 Å². The number of hydrogen-bond donors (Lipinski definition) is 1. The van der Waals surface area contributed by atoms with E-state index in [1.807, 2.05) is 30.3 Å². The summed E-state index contributed by atoms with van der Waals surface area (Å²) in [5.74, 6) is 0. The molecule has 0 fully saturated rings. The van der Waals surface area contributed by atoms with Gasteiger partial charge in [0, 0.05) is 10.6 Å². The summed E-state index contributed by atoms with van der Waals surface area (Å²) in [7, 11) is 0. The molecule has 0 heterocycles. The summed E-state index contributed by atoms with van der Waals surface area (Å²) < 4.78 is 0. The minimum Gasteiger partial charge on any atom is -0.322 e. The highest BCUT2D eigenvalue weighted by atomic mass is 35.5. The molecule has 1 nitrogen and oxygen atoms in total. The fourth-order valence-corrected chi connectivity index (χ4v) is 2.41. The maximum Gasteiger partial charge on any atom is 0.0406 e. The molecule has 19 heavy (non-hydrogen) atoms. The van der Waals surface area contributed by atoms with Crippen LogP contribution in [0.25, 0.3) is 0 Å². The Kier molecular flexibility index (Phi) is 4.62. The molecule has 100 valence electrons. The van der Waals surface area contributed by atoms with Crippen molar-refractivity contribution in [3.05, 3.63) is 70.7 Å². The van der Waals surface area contributed by atoms with Gasteiger partial charge in [-0.3, -0.25) is 0 Å². The summed E-state index contributed by atoms with van der Waals surface area (Å²) in [6.07, 6.45) is 3.12. The Hall–Kier alpha value is -1.31. The molecule has 0 aromatic heterocycles. The molecular weight excluding hydrogens is 254 g/mol. The molecule has 1 unspecified atom stereocenters. The summed E-state index contributed by atoms with van der Waals surface area (Å²) in [4.78, 5) is 0. The Labute approximate surface area is 120 Å². The first kappa shape index (κ1) is 14.1. The van der Waals surface area contributed by atoms with Crippen molar-refractivity contribution < 1.29 is 0 Å². The van der Waals surface area contributed by atoms with Crippen molar-refractivity contribution in [2.24, 2.45) is 5.73 Å². The third kappa shape index (κ3) is 4.09. The second kappa shape index (κ2) is 6.23. The van der Waals surface area contributed by atoms with Gasteiger partial charge < -0.3 is 5.73 Å². The Morgan fingerprint density at radius 3 is 2.26 bits per heavy atom. The number of aryl methyl sites for hydroxylation is 1. The molecule has 2 N–H and O–H groups in total. The van der Waals surface area contributed by atoms with Crippen LogP contribution in [0.15, 0.2) is 54.6 Å². The first-order valence-corrected chi connectivity index (χ1v) is 7.04. The summed E-state index contributed by atoms with van der Waals surface area (Å²) in [6, 6.07) is 18.4. The van der Waals surface area contributed by atoms with Gasteiger partial charge >= 0.3 is 0 Å². The van der Waals surface area contributed by atoms with Crippen molar-refractivity contribution in [3.8, 4) is 0 Å². The van der Waals surface area contributed by atoms with Gasteiger partial charge in [-0.1, -0.05) is 54.1 Å². The standard InChI is InChI=1S/C17H20ClN/c1-17(19,15-9-11-16(18)12-10-15)13-5-8-14-6-3-2-4-7-14/h2-4,6-7,9-12H,5,8,13,19H2,1H3. The molecule has 0 saturated carbocycles. The van der Waals surface area contributed by atoms with Crippen LogP contribution < -0.4 is 5.73 Å². The Morgan fingerprint density at radius 2 is 1.63 bits per heavy atom. The second-order valence-electron chi connectivity index (χ2n) is 5.26. The molecule has 0 aliphatic heterocycles. The topological polar surface area (TPSA) is 26.0 Å². The van der Waals surface area contributed by atoms with E-state index in [-0.39, 0.29) is 5.54 Å². The number of benzene rings is 2. The van der Waals surface area contributed by atoms with Crippen molar-refractivity contribution >= 4 is 11.6 Å². The summed E-state index contributed by atoms with van der Waals surface area (Å²) in [6.45, 7) is 2.08. The zero-order valence-electron chi connectivity index (χ0n) is 11.3. The maximum atomic E-state index is 6.41. The van der Waals surface area contributed by atoms with Gasteiger partial charge in [0.25, 0.3) is 0 Å². The van der Waals surface area contributed by atoms with Gasteiger partial charge in [-0.15, -0.1) is 0 Å². The highest BCUT2D eigenvalue weighted by molar-refractivity contribution is 6.30. The average molecular weight is 274 g/mol. The number of rotatable bonds is 5. The van der Waals surface area contributed by atoms with E-state index < -0.39 is 0 Å². The van der Waals surface area contributed by atoms with E-state index in [4.69, 9.17) is 17.3 Å². The number of nitrogens with two attached hydrogens (primary N) is 1. The maximum absolute atomic E-state index is 6.41. The molecule has 0 saturated heterocycles. The monoisotopic (exact) mass is 273 g/mol. The van der Waals surface area contributed by atoms with Crippen LogP contribution in [0, 0.1) is 0 Å². The lowest BCUT2D eigenvalue weighted by molar-refractivity contribution is 0.436. The van der Waals surface area contributed by atoms with Gasteiger partial charge in [0.05, 0.1) is 0 Å². The molecule has 0 aliphatic carbocycles. The largest absolute Gasteiger partial charge is 0.322 e. The van der Waals surface area contributed by atoms with Gasteiger partial charge in [0.15, 0.2) is 0 Å². The molecule has 2 heteroatoms. The SMILES string of the molecule is CC(N)(CCCc1ccccc1)c1ccc(Cl)cc1. The predicted molar refractivity (Wildman–Crippen MR) is 82.4 cm³/mol. The van der Waals surface area contributed by atoms with E-state index in [0.29, 0.717) is 0 Å². The van der Waals surface area contributed by atoms with Crippen LogP contribution in [0.1, 0.15) is 30.9 Å². The summed E-state index contributed by atoms with van der Waals surface area (Å²) >= 11 is 5.91. The highest BCUT2D eigenvalue weighted by Gasteiger charge is 2.20. The van der Waals surface area contributed by atoms with Crippen molar-refractivity contribution in [2.75, 3.05) is 0 Å². The lowest BCUT2D eigenvalue weighted by atomic mass is 9.87. The molecule has 0 spiro atoms. The zero-order chi connectivity index (χ0) is 13.7. The fraction of sp³-hybridized carbons (Fsp3) is 0.294. The number of hydrogen-bond acceptors (Lipinski definition) is 1. The van der Waals surface area contributed by atoms with E-state index in [1.54, 1.807) is 0 Å². The lowest BCUT2D eigenvalue weighted by Gasteiger charge is -2.25. The first-order valence-electron chi connectivity index (χ1n) is 6.67. The van der Waals surface area contributed by atoms with E-state index >= 15 is 0 Å². The average Bonchev–Trinajstić information content (AvgIpc) is 2.40. The van der Waals surface area contributed by atoms with E-state index in [0.717, 1.165) is 29.8 Å². The Balaban J connectivity index is 1.92. The second-order valence-corrected chi connectivity index (χ2v) is 5.70. The van der Waals surface area contributed by atoms with Gasteiger partial charge in [-0.05, 0) is 49.4 Å². The van der Waals surface area contributed by atoms with E-state index in [9.17, 15) is 0 Å². The third-order valence-corrected chi connectivity index (χ3v) is 3.76. The van der Waals surface area contributed by atoms with Crippen LogP contribution in [-0.2, 0) is 12.0 Å². The van der Waals surface area contributed by atoms with Crippen molar-refractivity contribution in [2.45, 2.75) is 31.7 Å². The van der Waals surface area contributed by atoms with Crippen LogP contribution >= 0.6 is 11.6 Å². The van der Waals surface area contributed by atoms with Crippen molar-refractivity contribution in [1.29, 1.82) is 0 Å². The molecule has 0 bridgehead atoms. The molecule has 0 radical (unpaired) electrons. The molecule has 0 amide bonds. The predicted octanol–water partition coefficient (Wildman–Crippen LogP) is 4.54. The molecular formula is C17H20ClN. The summed E-state index contributed by atoms with van der Waals surface area (Å²) in [5.41, 5.74) is 8.63. The Morgan fingerprint density at radius 1 is 1.00 bits per heavy atom. The van der Waals surface area contributed by atoms with Crippen molar-refractivity contribution in [3.63, 3.8) is 0 Å². The Bertz CT molecular complexity index is 503.